The Balaban J connectivity index is 2.24. The van der Waals surface area contributed by atoms with Crippen LogP contribution >= 0.6 is 0 Å². The zero-order chi connectivity index (χ0) is 11.0. The van der Waals surface area contributed by atoms with E-state index in [9.17, 15) is 4.39 Å². The summed E-state index contributed by atoms with van der Waals surface area (Å²) in [5.41, 5.74) is 1.04. The largest absolute Gasteiger partial charge is 0.252 e. The van der Waals surface area contributed by atoms with E-state index in [1.54, 1.807) is 18.2 Å². The standard InChI is InChI=1S/C10H6FN5/c11-8-3-1-2-6-4-7(5-12-9(6)8)10-13-15-16-14-10/h1-5H,(H,13,14,15,16). The maximum atomic E-state index is 13.3. The van der Waals surface area contributed by atoms with Crippen LogP contribution in [0.5, 0.6) is 0 Å². The quantitative estimate of drug-likeness (QED) is 0.668. The van der Waals surface area contributed by atoms with Crippen molar-refractivity contribution in [3.05, 3.63) is 36.3 Å². The van der Waals surface area contributed by atoms with Crippen LogP contribution in [-0.2, 0) is 0 Å². The van der Waals surface area contributed by atoms with Crippen LogP contribution in [0, 0.1) is 5.82 Å². The molecule has 0 unspecified atom stereocenters. The lowest BCUT2D eigenvalue weighted by molar-refractivity contribution is 0.637. The third kappa shape index (κ3) is 1.31. The molecule has 3 aromatic rings. The molecule has 0 amide bonds. The van der Waals surface area contributed by atoms with Crippen LogP contribution in [0.2, 0.25) is 0 Å². The zero-order valence-corrected chi connectivity index (χ0v) is 8.05. The van der Waals surface area contributed by atoms with Crippen molar-refractivity contribution >= 4 is 10.9 Å². The smallest absolute Gasteiger partial charge is 0.206 e. The SMILES string of the molecule is Fc1cccc2cc(-c3nn[nH]n3)cnc12. The highest BCUT2D eigenvalue weighted by molar-refractivity contribution is 5.82. The van der Waals surface area contributed by atoms with Crippen molar-refractivity contribution in [2.45, 2.75) is 0 Å². The molecule has 0 spiro atoms. The van der Waals surface area contributed by atoms with E-state index in [1.165, 1.54) is 12.3 Å². The highest BCUT2D eigenvalue weighted by atomic mass is 19.1. The predicted molar refractivity (Wildman–Crippen MR) is 54.9 cm³/mol. The van der Waals surface area contributed by atoms with E-state index >= 15 is 0 Å². The Morgan fingerprint density at radius 1 is 1.25 bits per heavy atom. The first-order valence-corrected chi connectivity index (χ1v) is 4.63. The zero-order valence-electron chi connectivity index (χ0n) is 8.05. The molecule has 3 rings (SSSR count). The lowest BCUT2D eigenvalue weighted by atomic mass is 10.1. The Hall–Kier alpha value is -2.37. The monoisotopic (exact) mass is 215 g/mol. The van der Waals surface area contributed by atoms with Gasteiger partial charge >= 0.3 is 0 Å². The second-order valence-corrected chi connectivity index (χ2v) is 3.27. The molecule has 78 valence electrons. The molecule has 2 heterocycles. The van der Waals surface area contributed by atoms with Gasteiger partial charge < -0.3 is 0 Å². The fourth-order valence-electron chi connectivity index (χ4n) is 1.53. The number of fused-ring (bicyclic) bond motifs is 1. The number of nitrogens with zero attached hydrogens (tertiary/aromatic N) is 4. The summed E-state index contributed by atoms with van der Waals surface area (Å²) in [5.74, 6) is 0.107. The van der Waals surface area contributed by atoms with Crippen LogP contribution in [0.1, 0.15) is 0 Å². The third-order valence-corrected chi connectivity index (χ3v) is 2.27. The summed E-state index contributed by atoms with van der Waals surface area (Å²) in [4.78, 5) is 4.04. The molecule has 0 atom stereocenters. The molecule has 1 aromatic carbocycles. The number of para-hydroxylation sites is 1. The summed E-state index contributed by atoms with van der Waals surface area (Å²) in [5, 5.41) is 14.2. The predicted octanol–water partition coefficient (Wildman–Crippen LogP) is 1.55. The van der Waals surface area contributed by atoms with Gasteiger partial charge in [0.25, 0.3) is 0 Å². The van der Waals surface area contributed by atoms with Gasteiger partial charge in [-0.05, 0) is 17.3 Å². The number of benzene rings is 1. The fraction of sp³-hybridized carbons (Fsp3) is 0. The van der Waals surface area contributed by atoms with Crippen molar-refractivity contribution in [3.63, 3.8) is 0 Å². The van der Waals surface area contributed by atoms with Crippen LogP contribution in [-0.4, -0.2) is 25.6 Å². The first kappa shape index (κ1) is 8.90. The van der Waals surface area contributed by atoms with Gasteiger partial charge in [-0.15, -0.1) is 10.2 Å². The summed E-state index contributed by atoms with van der Waals surface area (Å²) >= 11 is 0. The van der Waals surface area contributed by atoms with Gasteiger partial charge in [-0.1, -0.05) is 12.1 Å². The molecule has 0 fully saturated rings. The van der Waals surface area contributed by atoms with E-state index in [-0.39, 0.29) is 5.82 Å². The molecule has 0 saturated carbocycles. The van der Waals surface area contributed by atoms with Crippen LogP contribution < -0.4 is 0 Å². The van der Waals surface area contributed by atoms with Crippen molar-refractivity contribution in [2.75, 3.05) is 0 Å². The summed E-state index contributed by atoms with van der Waals surface area (Å²) < 4.78 is 13.3. The summed E-state index contributed by atoms with van der Waals surface area (Å²) in [6.07, 6.45) is 1.52. The molecule has 5 nitrogen and oxygen atoms in total. The molecular weight excluding hydrogens is 209 g/mol. The molecule has 0 saturated heterocycles. The van der Waals surface area contributed by atoms with E-state index in [4.69, 9.17) is 0 Å². The molecular formula is C10H6FN5. The van der Waals surface area contributed by atoms with Gasteiger partial charge in [0.15, 0.2) is 0 Å². The normalized spacial score (nSPS) is 10.8. The minimum Gasteiger partial charge on any atom is -0.252 e. The average molecular weight is 215 g/mol. The maximum absolute atomic E-state index is 13.3. The Bertz CT molecular complexity index is 635. The molecule has 0 bridgehead atoms. The summed E-state index contributed by atoms with van der Waals surface area (Å²) in [6, 6.07) is 6.58. The van der Waals surface area contributed by atoms with E-state index in [1.807, 2.05) is 0 Å². The molecule has 6 heteroatoms. The van der Waals surface area contributed by atoms with Gasteiger partial charge in [-0.2, -0.15) is 5.21 Å². The van der Waals surface area contributed by atoms with E-state index in [0.29, 0.717) is 22.3 Å². The molecule has 0 radical (unpaired) electrons. The van der Waals surface area contributed by atoms with Gasteiger partial charge in [-0.3, -0.25) is 4.98 Å². The molecule has 2 aromatic heterocycles. The van der Waals surface area contributed by atoms with Crippen molar-refractivity contribution in [2.24, 2.45) is 0 Å². The lowest BCUT2D eigenvalue weighted by Gasteiger charge is -1.99. The third-order valence-electron chi connectivity index (χ3n) is 2.27. The number of aromatic amines is 1. The van der Waals surface area contributed by atoms with Gasteiger partial charge in [0.2, 0.25) is 5.82 Å². The molecule has 0 aliphatic rings. The van der Waals surface area contributed by atoms with E-state index in [2.05, 4.69) is 25.6 Å². The second-order valence-electron chi connectivity index (χ2n) is 3.27. The number of hydrogen-bond donors (Lipinski definition) is 1. The number of rotatable bonds is 1. The van der Waals surface area contributed by atoms with Gasteiger partial charge in [0.05, 0.1) is 0 Å². The topological polar surface area (TPSA) is 67.3 Å². The van der Waals surface area contributed by atoms with E-state index in [0.717, 1.165) is 0 Å². The maximum Gasteiger partial charge on any atom is 0.206 e. The first-order chi connectivity index (χ1) is 7.84. The summed E-state index contributed by atoms with van der Waals surface area (Å²) in [7, 11) is 0. The second kappa shape index (κ2) is 3.34. The number of hydrogen-bond acceptors (Lipinski definition) is 4. The number of halogens is 1. The van der Waals surface area contributed by atoms with Crippen molar-refractivity contribution < 1.29 is 4.39 Å². The van der Waals surface area contributed by atoms with Crippen molar-refractivity contribution in [3.8, 4) is 11.4 Å². The minimum absolute atomic E-state index is 0.336. The van der Waals surface area contributed by atoms with Gasteiger partial charge in [0.1, 0.15) is 11.3 Å². The van der Waals surface area contributed by atoms with Crippen molar-refractivity contribution in [1.82, 2.24) is 25.6 Å². The number of aromatic nitrogens is 5. The fourth-order valence-corrected chi connectivity index (χ4v) is 1.53. The Kier molecular flexibility index (Phi) is 1.86. The lowest BCUT2D eigenvalue weighted by Crippen LogP contribution is -1.87. The van der Waals surface area contributed by atoms with Crippen LogP contribution in [0.25, 0.3) is 22.3 Å². The Morgan fingerprint density at radius 2 is 2.19 bits per heavy atom. The number of tetrazole rings is 1. The Morgan fingerprint density at radius 3 is 3.00 bits per heavy atom. The highest BCUT2D eigenvalue weighted by Crippen LogP contribution is 2.20. The van der Waals surface area contributed by atoms with Crippen LogP contribution in [0.4, 0.5) is 4.39 Å². The number of pyridine rings is 1. The highest BCUT2D eigenvalue weighted by Gasteiger charge is 2.06. The number of nitrogens with one attached hydrogen (secondary N) is 1. The van der Waals surface area contributed by atoms with Crippen molar-refractivity contribution in [1.29, 1.82) is 0 Å². The van der Waals surface area contributed by atoms with Crippen LogP contribution in [0.15, 0.2) is 30.5 Å². The van der Waals surface area contributed by atoms with Gasteiger partial charge in [-0.25, -0.2) is 4.39 Å². The molecule has 0 aliphatic carbocycles. The first-order valence-electron chi connectivity index (χ1n) is 4.63. The number of H-pyrrole nitrogens is 1. The summed E-state index contributed by atoms with van der Waals surface area (Å²) in [6.45, 7) is 0. The minimum atomic E-state index is -0.336. The van der Waals surface area contributed by atoms with Crippen LogP contribution in [0.3, 0.4) is 0 Å². The molecule has 1 N–H and O–H groups in total. The molecule has 16 heavy (non-hydrogen) atoms. The Labute approximate surface area is 89.3 Å². The van der Waals surface area contributed by atoms with E-state index < -0.39 is 0 Å². The van der Waals surface area contributed by atoms with Gasteiger partial charge in [0, 0.05) is 17.1 Å². The average Bonchev–Trinajstić information content (AvgIpc) is 2.82. The molecule has 0 aliphatic heterocycles.